The SMILES string of the molecule is O=C(COc1c(O)cc2oc(-c3ccccc3)cc(=O)c2c1O)N1CCNCC1. The topological polar surface area (TPSA) is 112 Å². The molecule has 0 radical (unpaired) electrons. The average Bonchev–Trinajstić information content (AvgIpc) is 2.74. The highest BCUT2D eigenvalue weighted by Crippen LogP contribution is 2.41. The number of carbonyl (C=O) groups is 1. The number of amides is 1. The first-order valence-corrected chi connectivity index (χ1v) is 9.24. The molecule has 4 rings (SSSR count). The third-order valence-electron chi connectivity index (χ3n) is 4.80. The lowest BCUT2D eigenvalue weighted by atomic mass is 10.1. The van der Waals surface area contributed by atoms with Crippen LogP contribution in [0.1, 0.15) is 0 Å². The van der Waals surface area contributed by atoms with E-state index in [0.717, 1.165) is 0 Å². The zero-order valence-corrected chi connectivity index (χ0v) is 15.6. The molecule has 0 spiro atoms. The Labute approximate surface area is 165 Å². The Kier molecular flexibility index (Phi) is 5.09. The molecule has 1 aliphatic rings. The lowest BCUT2D eigenvalue weighted by molar-refractivity contribution is -0.133. The fourth-order valence-electron chi connectivity index (χ4n) is 3.30. The second-order valence-electron chi connectivity index (χ2n) is 6.71. The molecule has 2 aromatic carbocycles. The minimum Gasteiger partial charge on any atom is -0.504 e. The Hall–Kier alpha value is -3.52. The predicted octanol–water partition coefficient (Wildman–Crippen LogP) is 1.68. The first-order valence-electron chi connectivity index (χ1n) is 9.24. The van der Waals surface area contributed by atoms with Crippen molar-refractivity contribution in [2.75, 3.05) is 32.8 Å². The van der Waals surface area contributed by atoms with Crippen molar-refractivity contribution in [1.29, 1.82) is 0 Å². The number of carbonyl (C=O) groups excluding carboxylic acids is 1. The quantitative estimate of drug-likeness (QED) is 0.615. The van der Waals surface area contributed by atoms with Crippen LogP contribution < -0.4 is 15.5 Å². The van der Waals surface area contributed by atoms with Crippen LogP contribution in [0.4, 0.5) is 0 Å². The molecule has 1 aliphatic heterocycles. The molecule has 1 aromatic heterocycles. The fraction of sp³-hybridized carbons (Fsp3) is 0.238. The van der Waals surface area contributed by atoms with Gasteiger partial charge in [0.05, 0.1) is 0 Å². The monoisotopic (exact) mass is 396 g/mol. The van der Waals surface area contributed by atoms with Crippen molar-refractivity contribution < 1.29 is 24.2 Å². The molecule has 8 heteroatoms. The summed E-state index contributed by atoms with van der Waals surface area (Å²) in [6, 6.07) is 11.5. The highest BCUT2D eigenvalue weighted by atomic mass is 16.5. The van der Waals surface area contributed by atoms with Gasteiger partial charge < -0.3 is 29.6 Å². The molecule has 0 saturated carbocycles. The van der Waals surface area contributed by atoms with Crippen LogP contribution in [-0.4, -0.2) is 53.8 Å². The Balaban J connectivity index is 1.65. The molecule has 3 aromatic rings. The fourth-order valence-corrected chi connectivity index (χ4v) is 3.30. The summed E-state index contributed by atoms with van der Waals surface area (Å²) < 4.78 is 11.1. The first-order chi connectivity index (χ1) is 14.0. The van der Waals surface area contributed by atoms with Gasteiger partial charge in [0.15, 0.2) is 23.5 Å². The van der Waals surface area contributed by atoms with Crippen LogP contribution in [0, 0.1) is 0 Å². The van der Waals surface area contributed by atoms with Gasteiger partial charge in [-0.1, -0.05) is 30.3 Å². The van der Waals surface area contributed by atoms with E-state index < -0.39 is 16.9 Å². The maximum Gasteiger partial charge on any atom is 0.260 e. The summed E-state index contributed by atoms with van der Waals surface area (Å²) in [6.07, 6.45) is 0. The van der Waals surface area contributed by atoms with E-state index >= 15 is 0 Å². The third kappa shape index (κ3) is 3.74. The maximum absolute atomic E-state index is 12.6. The van der Waals surface area contributed by atoms with E-state index in [4.69, 9.17) is 9.15 Å². The van der Waals surface area contributed by atoms with Gasteiger partial charge in [-0.2, -0.15) is 0 Å². The largest absolute Gasteiger partial charge is 0.504 e. The number of phenols is 2. The second-order valence-corrected chi connectivity index (χ2v) is 6.71. The minimum atomic E-state index is -0.554. The van der Waals surface area contributed by atoms with Crippen molar-refractivity contribution in [3.63, 3.8) is 0 Å². The zero-order chi connectivity index (χ0) is 20.4. The smallest absolute Gasteiger partial charge is 0.260 e. The van der Waals surface area contributed by atoms with Crippen LogP contribution in [0.5, 0.6) is 17.2 Å². The van der Waals surface area contributed by atoms with Crippen molar-refractivity contribution in [2.45, 2.75) is 0 Å². The number of nitrogens with zero attached hydrogens (tertiary/aromatic N) is 1. The van der Waals surface area contributed by atoms with Gasteiger partial charge in [0.25, 0.3) is 5.91 Å². The second kappa shape index (κ2) is 7.84. The summed E-state index contributed by atoms with van der Waals surface area (Å²) in [4.78, 5) is 26.5. The standard InChI is InChI=1S/C21H20N2O6/c24-14-10-16(13-4-2-1-3-5-13)29-17-11-15(25)21(20(27)19(14)17)28-12-18(26)23-8-6-22-7-9-23/h1-5,10-11,22,25,27H,6-9,12H2. The number of hydrogen-bond donors (Lipinski definition) is 3. The van der Waals surface area contributed by atoms with Crippen LogP contribution in [0.15, 0.2) is 51.7 Å². The number of phenolic OH excluding ortho intramolecular Hbond substituents is 2. The Morgan fingerprint density at radius 1 is 1.14 bits per heavy atom. The van der Waals surface area contributed by atoms with Gasteiger partial charge in [-0.05, 0) is 0 Å². The van der Waals surface area contributed by atoms with E-state index in [1.807, 2.05) is 6.07 Å². The molecular weight excluding hydrogens is 376 g/mol. The van der Waals surface area contributed by atoms with Gasteiger partial charge in [0, 0.05) is 43.9 Å². The number of nitrogens with one attached hydrogen (secondary N) is 1. The van der Waals surface area contributed by atoms with Crippen molar-refractivity contribution in [1.82, 2.24) is 10.2 Å². The summed E-state index contributed by atoms with van der Waals surface area (Å²) in [5.74, 6) is -1.25. The molecule has 2 heterocycles. The number of rotatable bonds is 4. The number of piperazine rings is 1. The average molecular weight is 396 g/mol. The Morgan fingerprint density at radius 3 is 2.59 bits per heavy atom. The number of aromatic hydroxyl groups is 2. The van der Waals surface area contributed by atoms with Crippen LogP contribution >= 0.6 is 0 Å². The summed E-state index contributed by atoms with van der Waals surface area (Å²) in [7, 11) is 0. The van der Waals surface area contributed by atoms with E-state index in [1.165, 1.54) is 12.1 Å². The zero-order valence-electron chi connectivity index (χ0n) is 15.6. The lowest BCUT2D eigenvalue weighted by Gasteiger charge is -2.27. The van der Waals surface area contributed by atoms with Crippen LogP contribution in [-0.2, 0) is 4.79 Å². The van der Waals surface area contributed by atoms with Gasteiger partial charge >= 0.3 is 0 Å². The van der Waals surface area contributed by atoms with Gasteiger partial charge in [0.2, 0.25) is 5.75 Å². The maximum atomic E-state index is 12.6. The third-order valence-corrected chi connectivity index (χ3v) is 4.80. The molecule has 0 unspecified atom stereocenters. The molecule has 0 bridgehead atoms. The molecule has 150 valence electrons. The predicted molar refractivity (Wildman–Crippen MR) is 106 cm³/mol. The van der Waals surface area contributed by atoms with Crippen molar-refractivity contribution in [2.24, 2.45) is 0 Å². The Bertz CT molecular complexity index is 1100. The Morgan fingerprint density at radius 2 is 1.86 bits per heavy atom. The highest BCUT2D eigenvalue weighted by Gasteiger charge is 2.22. The van der Waals surface area contributed by atoms with Crippen molar-refractivity contribution in [3.05, 3.63) is 52.7 Å². The van der Waals surface area contributed by atoms with Gasteiger partial charge in [0.1, 0.15) is 16.7 Å². The lowest BCUT2D eigenvalue weighted by Crippen LogP contribution is -2.47. The van der Waals surface area contributed by atoms with Gasteiger partial charge in [-0.25, -0.2) is 0 Å². The minimum absolute atomic E-state index is 0.0205. The van der Waals surface area contributed by atoms with E-state index in [9.17, 15) is 19.8 Å². The first kappa shape index (κ1) is 18.8. The molecule has 0 aliphatic carbocycles. The molecule has 1 amide bonds. The molecule has 0 atom stereocenters. The van der Waals surface area contributed by atoms with E-state index in [1.54, 1.807) is 29.2 Å². The molecule has 29 heavy (non-hydrogen) atoms. The molecule has 1 fully saturated rings. The van der Waals surface area contributed by atoms with E-state index in [0.29, 0.717) is 37.5 Å². The summed E-state index contributed by atoms with van der Waals surface area (Å²) in [5, 5.41) is 23.8. The normalized spacial score (nSPS) is 14.1. The summed E-state index contributed by atoms with van der Waals surface area (Å²) in [6.45, 7) is 2.15. The van der Waals surface area contributed by atoms with Crippen molar-refractivity contribution in [3.8, 4) is 28.6 Å². The number of benzene rings is 2. The van der Waals surface area contributed by atoms with Gasteiger partial charge in [-0.3, -0.25) is 9.59 Å². The molecule has 8 nitrogen and oxygen atoms in total. The number of fused-ring (bicyclic) bond motifs is 1. The summed E-state index contributed by atoms with van der Waals surface area (Å²) in [5.41, 5.74) is 0.223. The van der Waals surface area contributed by atoms with E-state index in [2.05, 4.69) is 5.32 Å². The van der Waals surface area contributed by atoms with Gasteiger partial charge in [-0.15, -0.1) is 0 Å². The molecule has 1 saturated heterocycles. The highest BCUT2D eigenvalue weighted by molar-refractivity contribution is 5.89. The number of ether oxygens (including phenoxy) is 1. The summed E-state index contributed by atoms with van der Waals surface area (Å²) >= 11 is 0. The van der Waals surface area contributed by atoms with E-state index in [-0.39, 0.29) is 29.2 Å². The van der Waals surface area contributed by atoms with Crippen LogP contribution in [0.2, 0.25) is 0 Å². The van der Waals surface area contributed by atoms with Crippen LogP contribution in [0.25, 0.3) is 22.3 Å². The number of hydrogen-bond acceptors (Lipinski definition) is 7. The van der Waals surface area contributed by atoms with Crippen molar-refractivity contribution >= 4 is 16.9 Å². The molecule has 3 N–H and O–H groups in total. The van der Waals surface area contributed by atoms with Crippen LogP contribution in [0.3, 0.4) is 0 Å². The molecular formula is C21H20N2O6.